The van der Waals surface area contributed by atoms with Crippen LogP contribution in [0.2, 0.25) is 5.02 Å². The lowest BCUT2D eigenvalue weighted by Crippen LogP contribution is -2.26. The van der Waals surface area contributed by atoms with Crippen LogP contribution in [0, 0.1) is 0 Å². The zero-order valence-corrected chi connectivity index (χ0v) is 14.4. The molecule has 0 spiro atoms. The molecule has 1 rings (SSSR count). The third kappa shape index (κ3) is 6.55. The van der Waals surface area contributed by atoms with E-state index in [4.69, 9.17) is 31.9 Å². The van der Waals surface area contributed by atoms with Crippen LogP contribution < -0.4 is 20.5 Å². The standard InChI is InChI=1S/C14H17ClN2O6S/c1-22-10-5-8(4-9(15)13(10)23-6-11(16)18)14(21)17-2-3-24-7-12(19)20/h4-5H,2-3,6-7H2,1H3,(H2,16,18)(H,17,21)(H,19,20). The van der Waals surface area contributed by atoms with Crippen LogP contribution in [-0.4, -0.2) is 54.7 Å². The number of carboxylic acid groups (broad SMARTS) is 1. The summed E-state index contributed by atoms with van der Waals surface area (Å²) in [6, 6.07) is 2.79. The molecular weight excluding hydrogens is 360 g/mol. The molecule has 24 heavy (non-hydrogen) atoms. The first-order valence-corrected chi connectivity index (χ1v) is 8.24. The van der Waals surface area contributed by atoms with Gasteiger partial charge >= 0.3 is 5.97 Å². The first-order chi connectivity index (χ1) is 11.3. The average Bonchev–Trinajstić information content (AvgIpc) is 2.51. The summed E-state index contributed by atoms with van der Waals surface area (Å²) in [5, 5.41) is 11.3. The van der Waals surface area contributed by atoms with Gasteiger partial charge < -0.3 is 25.6 Å². The Morgan fingerprint density at radius 3 is 2.67 bits per heavy atom. The maximum atomic E-state index is 12.1. The second kappa shape index (κ2) is 9.89. The van der Waals surface area contributed by atoms with E-state index in [9.17, 15) is 14.4 Å². The smallest absolute Gasteiger partial charge is 0.313 e. The van der Waals surface area contributed by atoms with Crippen molar-refractivity contribution in [2.75, 3.05) is 31.8 Å². The predicted molar refractivity (Wildman–Crippen MR) is 90.0 cm³/mol. The molecule has 2 amide bonds. The molecule has 0 aliphatic carbocycles. The molecule has 10 heteroatoms. The van der Waals surface area contributed by atoms with Crippen molar-refractivity contribution in [1.82, 2.24) is 5.32 Å². The second-order valence-corrected chi connectivity index (χ2v) is 5.96. The Kier molecular flexibility index (Phi) is 8.20. The molecule has 1 aromatic carbocycles. The number of nitrogens with two attached hydrogens (primary N) is 1. The third-order valence-electron chi connectivity index (χ3n) is 2.61. The van der Waals surface area contributed by atoms with Crippen molar-refractivity contribution < 1.29 is 29.0 Å². The Morgan fingerprint density at radius 1 is 1.38 bits per heavy atom. The van der Waals surface area contributed by atoms with Crippen molar-refractivity contribution in [3.63, 3.8) is 0 Å². The van der Waals surface area contributed by atoms with Gasteiger partial charge in [0.25, 0.3) is 11.8 Å². The molecule has 4 N–H and O–H groups in total. The molecule has 8 nitrogen and oxygen atoms in total. The molecule has 0 saturated carbocycles. The fourth-order valence-corrected chi connectivity index (χ4v) is 2.46. The predicted octanol–water partition coefficient (Wildman–Crippen LogP) is 0.760. The average molecular weight is 377 g/mol. The van der Waals surface area contributed by atoms with Gasteiger partial charge in [-0.25, -0.2) is 0 Å². The molecule has 0 aliphatic rings. The summed E-state index contributed by atoms with van der Waals surface area (Å²) in [4.78, 5) is 33.2. The number of carbonyl (C=O) groups excluding carboxylic acids is 2. The van der Waals surface area contributed by atoms with Crippen molar-refractivity contribution in [3.05, 3.63) is 22.7 Å². The van der Waals surface area contributed by atoms with Crippen molar-refractivity contribution in [1.29, 1.82) is 0 Å². The number of carboxylic acids is 1. The molecule has 0 unspecified atom stereocenters. The highest BCUT2D eigenvalue weighted by atomic mass is 35.5. The molecular formula is C14H17ClN2O6S. The van der Waals surface area contributed by atoms with Crippen LogP contribution in [0.3, 0.4) is 0 Å². The van der Waals surface area contributed by atoms with Gasteiger partial charge in [-0.1, -0.05) is 11.6 Å². The summed E-state index contributed by atoms with van der Waals surface area (Å²) in [7, 11) is 1.37. The van der Waals surface area contributed by atoms with Crippen LogP contribution in [0.15, 0.2) is 12.1 Å². The van der Waals surface area contributed by atoms with E-state index >= 15 is 0 Å². The van der Waals surface area contributed by atoms with Crippen LogP contribution in [0.25, 0.3) is 0 Å². The fraction of sp³-hybridized carbons (Fsp3) is 0.357. The van der Waals surface area contributed by atoms with Crippen LogP contribution in [0.1, 0.15) is 10.4 Å². The highest BCUT2D eigenvalue weighted by Crippen LogP contribution is 2.36. The van der Waals surface area contributed by atoms with E-state index in [0.29, 0.717) is 12.3 Å². The van der Waals surface area contributed by atoms with Crippen LogP contribution >= 0.6 is 23.4 Å². The Morgan fingerprint density at radius 2 is 2.08 bits per heavy atom. The van der Waals surface area contributed by atoms with Crippen molar-refractivity contribution in [2.45, 2.75) is 0 Å². The topological polar surface area (TPSA) is 128 Å². The first-order valence-electron chi connectivity index (χ1n) is 6.71. The van der Waals surface area contributed by atoms with Gasteiger partial charge in [-0.05, 0) is 12.1 Å². The van der Waals surface area contributed by atoms with Gasteiger partial charge in [0.2, 0.25) is 0 Å². The van der Waals surface area contributed by atoms with Gasteiger partial charge in [0.15, 0.2) is 18.1 Å². The number of benzene rings is 1. The van der Waals surface area contributed by atoms with E-state index in [2.05, 4.69) is 5.32 Å². The number of hydrogen-bond donors (Lipinski definition) is 3. The van der Waals surface area contributed by atoms with Gasteiger partial charge in [0, 0.05) is 17.9 Å². The van der Waals surface area contributed by atoms with E-state index < -0.39 is 17.8 Å². The zero-order valence-electron chi connectivity index (χ0n) is 12.8. The monoisotopic (exact) mass is 376 g/mol. The van der Waals surface area contributed by atoms with E-state index in [-0.39, 0.29) is 34.4 Å². The minimum absolute atomic E-state index is 0.0264. The van der Waals surface area contributed by atoms with Crippen LogP contribution in [0.5, 0.6) is 11.5 Å². The Hall–Kier alpha value is -2.13. The lowest BCUT2D eigenvalue weighted by molar-refractivity contribution is -0.133. The highest BCUT2D eigenvalue weighted by molar-refractivity contribution is 7.99. The summed E-state index contributed by atoms with van der Waals surface area (Å²) < 4.78 is 10.3. The summed E-state index contributed by atoms with van der Waals surface area (Å²) in [6.07, 6.45) is 0. The lowest BCUT2D eigenvalue weighted by Gasteiger charge is -2.13. The van der Waals surface area contributed by atoms with E-state index in [1.165, 1.54) is 31.0 Å². The summed E-state index contributed by atoms with van der Waals surface area (Å²) in [5.74, 6) is -1.24. The molecule has 0 heterocycles. The highest BCUT2D eigenvalue weighted by Gasteiger charge is 2.16. The van der Waals surface area contributed by atoms with Gasteiger partial charge in [-0.3, -0.25) is 14.4 Å². The number of rotatable bonds is 10. The molecule has 0 aliphatic heterocycles. The third-order valence-corrected chi connectivity index (χ3v) is 3.83. The molecule has 0 saturated heterocycles. The number of halogens is 1. The fourth-order valence-electron chi connectivity index (χ4n) is 1.63. The second-order valence-electron chi connectivity index (χ2n) is 4.45. The normalized spacial score (nSPS) is 10.1. The Labute approximate surface area is 147 Å². The number of methoxy groups -OCH3 is 1. The van der Waals surface area contributed by atoms with Gasteiger partial charge in [0.1, 0.15) is 0 Å². The first kappa shape index (κ1) is 19.9. The number of amides is 2. The molecule has 0 bridgehead atoms. The SMILES string of the molecule is COc1cc(C(=O)NCCSCC(=O)O)cc(Cl)c1OCC(N)=O. The Balaban J connectivity index is 2.71. The van der Waals surface area contributed by atoms with Gasteiger partial charge in [-0.2, -0.15) is 0 Å². The maximum absolute atomic E-state index is 12.1. The number of carbonyl (C=O) groups is 3. The minimum atomic E-state index is -0.908. The number of aliphatic carboxylic acids is 1. The van der Waals surface area contributed by atoms with Gasteiger partial charge in [-0.15, -0.1) is 11.8 Å². The van der Waals surface area contributed by atoms with Crippen molar-refractivity contribution in [2.24, 2.45) is 5.73 Å². The minimum Gasteiger partial charge on any atom is -0.493 e. The number of ether oxygens (including phenoxy) is 2. The number of hydrogen-bond acceptors (Lipinski definition) is 6. The van der Waals surface area contributed by atoms with E-state index in [0.717, 1.165) is 0 Å². The van der Waals surface area contributed by atoms with E-state index in [1.807, 2.05) is 0 Å². The van der Waals surface area contributed by atoms with Crippen LogP contribution in [0.4, 0.5) is 0 Å². The van der Waals surface area contributed by atoms with E-state index in [1.54, 1.807) is 0 Å². The summed E-state index contributed by atoms with van der Waals surface area (Å²) in [6.45, 7) is -0.0704. The Bertz CT molecular complexity index is 626. The number of primary amides is 1. The largest absolute Gasteiger partial charge is 0.493 e. The molecule has 0 fully saturated rings. The number of nitrogens with one attached hydrogen (secondary N) is 1. The maximum Gasteiger partial charge on any atom is 0.313 e. The quantitative estimate of drug-likeness (QED) is 0.514. The molecule has 0 atom stereocenters. The van der Waals surface area contributed by atoms with Crippen molar-refractivity contribution >= 4 is 41.1 Å². The molecule has 1 aromatic rings. The summed E-state index contributed by atoms with van der Waals surface area (Å²) >= 11 is 7.25. The molecule has 0 radical (unpaired) electrons. The summed E-state index contributed by atoms with van der Waals surface area (Å²) in [5.41, 5.74) is 5.25. The van der Waals surface area contributed by atoms with Crippen molar-refractivity contribution in [3.8, 4) is 11.5 Å². The molecule has 132 valence electrons. The van der Waals surface area contributed by atoms with Gasteiger partial charge in [0.05, 0.1) is 17.9 Å². The lowest BCUT2D eigenvalue weighted by atomic mass is 10.2. The number of thioether (sulfide) groups is 1. The zero-order chi connectivity index (χ0) is 18.1. The molecule has 0 aromatic heterocycles. The van der Waals surface area contributed by atoms with Crippen LogP contribution in [-0.2, 0) is 9.59 Å².